The molecule has 0 aliphatic carbocycles. The Morgan fingerprint density at radius 3 is 2.70 bits per heavy atom. The number of likely N-dealkylation sites (tertiary alicyclic amines) is 1. The fourth-order valence-electron chi connectivity index (χ4n) is 7.12. The predicted molar refractivity (Wildman–Crippen MR) is 177 cm³/mol. The molecule has 3 aromatic rings. The molecule has 0 unspecified atom stereocenters. The highest BCUT2D eigenvalue weighted by Gasteiger charge is 2.34. The average Bonchev–Trinajstić information content (AvgIpc) is 3.44. The number of nitriles is 1. The van der Waals surface area contributed by atoms with Crippen molar-refractivity contribution in [3.8, 4) is 12.1 Å². The highest BCUT2D eigenvalue weighted by molar-refractivity contribution is 5.97. The number of piperazine rings is 1. The largest absolute Gasteiger partial charge is 0.462 e. The minimum absolute atomic E-state index is 0.180. The van der Waals surface area contributed by atoms with E-state index >= 15 is 0 Å². The first kappa shape index (κ1) is 31.7. The highest BCUT2D eigenvalue weighted by atomic mass is 16.5. The van der Waals surface area contributed by atoms with Gasteiger partial charge in [-0.05, 0) is 43.8 Å². The minimum atomic E-state index is -0.304. The molecular formula is C35H43N7O4. The number of aryl methyl sites for hydroxylation is 1. The van der Waals surface area contributed by atoms with E-state index in [0.29, 0.717) is 38.8 Å². The number of carbonyl (C=O) groups is 1. The molecule has 2 aromatic carbocycles. The Balaban J connectivity index is 1.32. The number of nitrogens with zero attached hydrogens (tertiary/aromatic N) is 7. The molecular weight excluding hydrogens is 582 g/mol. The summed E-state index contributed by atoms with van der Waals surface area (Å²) in [5, 5.41) is 21.3. The summed E-state index contributed by atoms with van der Waals surface area (Å²) in [5.74, 6) is 0.628. The van der Waals surface area contributed by atoms with Gasteiger partial charge in [-0.3, -0.25) is 9.69 Å². The zero-order valence-electron chi connectivity index (χ0n) is 26.9. The zero-order chi connectivity index (χ0) is 32.2. The summed E-state index contributed by atoms with van der Waals surface area (Å²) >= 11 is 0. The van der Waals surface area contributed by atoms with E-state index in [1.165, 1.54) is 34.2 Å². The number of fused-ring (bicyclic) bond motifs is 2. The maximum Gasteiger partial charge on any atom is 0.318 e. The molecule has 1 aromatic heterocycles. The van der Waals surface area contributed by atoms with Crippen LogP contribution < -0.4 is 14.5 Å². The second-order valence-corrected chi connectivity index (χ2v) is 12.5. The predicted octanol–water partition coefficient (Wildman–Crippen LogP) is 3.08. The van der Waals surface area contributed by atoms with Gasteiger partial charge in [0.05, 0.1) is 43.5 Å². The molecule has 0 radical (unpaired) electrons. The van der Waals surface area contributed by atoms with E-state index in [0.717, 1.165) is 43.0 Å². The van der Waals surface area contributed by atoms with Crippen molar-refractivity contribution >= 4 is 28.2 Å². The molecule has 0 bridgehead atoms. The van der Waals surface area contributed by atoms with Crippen molar-refractivity contribution in [2.75, 3.05) is 69.9 Å². The fraction of sp³-hybridized carbons (Fsp3) is 0.486. The maximum atomic E-state index is 12.9. The number of rotatable bonds is 9. The lowest BCUT2D eigenvalue weighted by Crippen LogP contribution is -2.55. The van der Waals surface area contributed by atoms with Crippen molar-refractivity contribution < 1.29 is 19.4 Å². The zero-order valence-corrected chi connectivity index (χ0v) is 26.9. The number of anilines is 2. The van der Waals surface area contributed by atoms with Crippen molar-refractivity contribution in [2.24, 2.45) is 0 Å². The topological polar surface area (TPSA) is 118 Å². The first-order chi connectivity index (χ1) is 22.4. The van der Waals surface area contributed by atoms with Gasteiger partial charge in [0.1, 0.15) is 12.4 Å². The Bertz CT molecular complexity index is 1630. The first-order valence-corrected chi connectivity index (χ1v) is 16.1. The van der Waals surface area contributed by atoms with E-state index in [2.05, 4.69) is 71.1 Å². The van der Waals surface area contributed by atoms with Crippen LogP contribution in [0, 0.1) is 18.3 Å². The van der Waals surface area contributed by atoms with Gasteiger partial charge in [-0.15, -0.1) is 0 Å². The molecule has 46 heavy (non-hydrogen) atoms. The maximum absolute atomic E-state index is 12.9. The summed E-state index contributed by atoms with van der Waals surface area (Å²) in [6, 6.07) is 15.4. The number of hydrogen-bond acceptors (Lipinski definition) is 10. The van der Waals surface area contributed by atoms with Gasteiger partial charge in [0.25, 0.3) is 0 Å². The fourth-order valence-corrected chi connectivity index (χ4v) is 7.12. The summed E-state index contributed by atoms with van der Waals surface area (Å²) in [6.45, 7) is 6.19. The Morgan fingerprint density at radius 1 is 1.11 bits per heavy atom. The van der Waals surface area contributed by atoms with Gasteiger partial charge in [-0.25, -0.2) is 0 Å². The van der Waals surface area contributed by atoms with E-state index in [9.17, 15) is 10.1 Å². The van der Waals surface area contributed by atoms with Crippen LogP contribution in [-0.4, -0.2) is 109 Å². The first-order valence-electron chi connectivity index (χ1n) is 16.1. The molecule has 2 saturated heterocycles. The summed E-state index contributed by atoms with van der Waals surface area (Å²) in [5.41, 5.74) is 4.46. The van der Waals surface area contributed by atoms with E-state index in [4.69, 9.17) is 24.5 Å². The quantitative estimate of drug-likeness (QED) is 0.356. The molecule has 3 aliphatic rings. The number of likely N-dealkylation sites (N-methyl/N-ethyl adjacent to an activating group) is 1. The third-order valence-electron chi connectivity index (χ3n) is 9.60. The van der Waals surface area contributed by atoms with Gasteiger partial charge in [0.2, 0.25) is 5.91 Å². The highest BCUT2D eigenvalue weighted by Crippen LogP contribution is 2.36. The van der Waals surface area contributed by atoms with Crippen LogP contribution in [0.1, 0.15) is 29.7 Å². The molecule has 1 amide bonds. The van der Waals surface area contributed by atoms with Crippen LogP contribution in [0.25, 0.3) is 10.8 Å². The molecule has 2 fully saturated rings. The normalized spacial score (nSPS) is 22.0. The number of benzene rings is 2. The Labute approximate surface area is 270 Å². The van der Waals surface area contributed by atoms with Gasteiger partial charge in [-0.1, -0.05) is 36.4 Å². The molecule has 1 N–H and O–H groups in total. The van der Waals surface area contributed by atoms with E-state index in [-0.39, 0.29) is 37.1 Å². The lowest BCUT2D eigenvalue weighted by atomic mass is 9.99. The van der Waals surface area contributed by atoms with E-state index < -0.39 is 0 Å². The summed E-state index contributed by atoms with van der Waals surface area (Å²) in [7, 11) is 3.84. The van der Waals surface area contributed by atoms with Crippen LogP contribution in [0.2, 0.25) is 0 Å². The number of hydrogen-bond donors (Lipinski definition) is 1. The number of ether oxygens (including phenoxy) is 2. The van der Waals surface area contributed by atoms with E-state index in [1.54, 1.807) is 12.0 Å². The second kappa shape index (κ2) is 14.0. The third kappa shape index (κ3) is 6.51. The van der Waals surface area contributed by atoms with Crippen LogP contribution in [0.4, 0.5) is 11.5 Å². The molecule has 3 atom stereocenters. The van der Waals surface area contributed by atoms with Gasteiger partial charge >= 0.3 is 6.01 Å². The van der Waals surface area contributed by atoms with Crippen LogP contribution >= 0.6 is 0 Å². The van der Waals surface area contributed by atoms with Crippen molar-refractivity contribution in [3.05, 3.63) is 65.4 Å². The minimum Gasteiger partial charge on any atom is -0.462 e. The lowest BCUT2D eigenvalue weighted by molar-refractivity contribution is -0.128. The van der Waals surface area contributed by atoms with Crippen LogP contribution in [0.15, 0.2) is 48.6 Å². The standard InChI is InChI=1S/C35H43N7O4/c1-24-7-4-8-25-9-5-10-31(33(24)25)40-15-13-29-30(22-40)37-35(46-23-27-19-28(45-3)21-39(27)2)38-34(29)41-16-17-42(26(20-41)12-14-36)32(44)11-6-18-43/h4-11,26-28,43H,12-13,15-23H2,1-3H3/b11-6+/t26-,27+,28+/m0/s1. The SMILES string of the molecule is CO[C@@H]1C[C@H](COc2nc3c(c(N4CCN(C(=O)/C=C/CO)[C@@H](CC#N)C4)n2)CCN(c2cccc4cccc(C)c24)C3)N(C)C1. The van der Waals surface area contributed by atoms with Crippen molar-refractivity contribution in [1.29, 1.82) is 5.26 Å². The molecule has 242 valence electrons. The van der Waals surface area contributed by atoms with Crippen LogP contribution in [0.5, 0.6) is 6.01 Å². The van der Waals surface area contributed by atoms with Gasteiger partial charge in [0, 0.05) is 68.6 Å². The van der Waals surface area contributed by atoms with Crippen LogP contribution in [-0.2, 0) is 22.5 Å². The van der Waals surface area contributed by atoms with Crippen LogP contribution in [0.3, 0.4) is 0 Å². The number of aromatic nitrogens is 2. The number of amides is 1. The summed E-state index contributed by atoms with van der Waals surface area (Å²) < 4.78 is 11.9. The number of methoxy groups -OCH3 is 1. The smallest absolute Gasteiger partial charge is 0.318 e. The summed E-state index contributed by atoms with van der Waals surface area (Å²) in [4.78, 5) is 31.5. The van der Waals surface area contributed by atoms with Crippen molar-refractivity contribution in [2.45, 2.75) is 50.9 Å². The van der Waals surface area contributed by atoms with Gasteiger partial charge in [0.15, 0.2) is 0 Å². The van der Waals surface area contributed by atoms with Gasteiger partial charge in [-0.2, -0.15) is 15.2 Å². The molecule has 4 heterocycles. The molecule has 11 nitrogen and oxygen atoms in total. The number of aliphatic hydroxyl groups excluding tert-OH is 1. The second-order valence-electron chi connectivity index (χ2n) is 12.5. The molecule has 0 saturated carbocycles. The monoisotopic (exact) mass is 625 g/mol. The number of carbonyl (C=O) groups excluding carboxylic acids is 1. The molecule has 11 heteroatoms. The van der Waals surface area contributed by atoms with Crippen molar-refractivity contribution in [3.63, 3.8) is 0 Å². The molecule has 0 spiro atoms. The summed E-state index contributed by atoms with van der Waals surface area (Å²) in [6.07, 6.45) is 4.85. The van der Waals surface area contributed by atoms with E-state index in [1.807, 2.05) is 0 Å². The lowest BCUT2D eigenvalue weighted by Gasteiger charge is -2.42. The van der Waals surface area contributed by atoms with Crippen molar-refractivity contribution in [1.82, 2.24) is 19.8 Å². The Hall–Kier alpha value is -4.24. The average molecular weight is 626 g/mol. The molecule has 6 rings (SSSR count). The molecule has 3 aliphatic heterocycles. The van der Waals surface area contributed by atoms with Gasteiger partial charge < -0.3 is 29.3 Å². The Morgan fingerprint density at radius 2 is 1.93 bits per heavy atom. The Kier molecular flexibility index (Phi) is 9.68. The third-order valence-corrected chi connectivity index (χ3v) is 9.60. The number of aliphatic hydroxyl groups is 1.